The minimum atomic E-state index is 0.153. The van der Waals surface area contributed by atoms with Crippen LogP contribution in [0.15, 0.2) is 30.3 Å². The minimum absolute atomic E-state index is 0.153. The Balaban J connectivity index is 1.99. The van der Waals surface area contributed by atoms with Crippen molar-refractivity contribution < 1.29 is 4.79 Å². The summed E-state index contributed by atoms with van der Waals surface area (Å²) in [5.41, 5.74) is 1.53. The van der Waals surface area contributed by atoms with E-state index in [1.807, 2.05) is 0 Å². The molecule has 0 spiro atoms. The second-order valence-electron chi connectivity index (χ2n) is 5.08. The summed E-state index contributed by atoms with van der Waals surface area (Å²) in [5, 5.41) is 6.55. The van der Waals surface area contributed by atoms with E-state index in [4.69, 9.17) is 0 Å². The fourth-order valence-electron chi connectivity index (χ4n) is 3.31. The van der Waals surface area contributed by atoms with Crippen LogP contribution in [0, 0.1) is 0 Å². The molecule has 1 aromatic rings. The second-order valence-corrected chi connectivity index (χ2v) is 5.08. The highest BCUT2D eigenvalue weighted by molar-refractivity contribution is 5.76. The van der Waals surface area contributed by atoms with Gasteiger partial charge in [0.1, 0.15) is 0 Å². The molecule has 2 aliphatic heterocycles. The van der Waals surface area contributed by atoms with Gasteiger partial charge >= 0.3 is 0 Å². The summed E-state index contributed by atoms with van der Waals surface area (Å²) in [6.07, 6.45) is 2.74. The van der Waals surface area contributed by atoms with E-state index in [0.29, 0.717) is 12.5 Å². The normalized spacial score (nSPS) is 32.7. The Morgan fingerprint density at radius 1 is 1.18 bits per heavy atom. The quantitative estimate of drug-likeness (QED) is 0.761. The molecule has 0 unspecified atom stereocenters. The van der Waals surface area contributed by atoms with Crippen LogP contribution in [0.1, 0.15) is 24.8 Å². The van der Waals surface area contributed by atoms with Gasteiger partial charge in [-0.1, -0.05) is 30.3 Å². The van der Waals surface area contributed by atoms with Gasteiger partial charge in [-0.2, -0.15) is 0 Å². The van der Waals surface area contributed by atoms with Crippen LogP contribution in [-0.2, 0) is 10.2 Å². The zero-order valence-electron chi connectivity index (χ0n) is 9.91. The van der Waals surface area contributed by atoms with Crippen molar-refractivity contribution in [3.8, 4) is 0 Å². The number of carbonyl (C=O) groups is 1. The zero-order chi connectivity index (χ0) is 11.7. The number of fused-ring (bicyclic) bond motifs is 1. The number of nitrogens with one attached hydrogen (secondary N) is 2. The third-order valence-corrected chi connectivity index (χ3v) is 4.28. The molecule has 3 nitrogen and oxygen atoms in total. The number of hydrogen-bond acceptors (Lipinski definition) is 2. The maximum atomic E-state index is 11.5. The fourth-order valence-corrected chi connectivity index (χ4v) is 3.31. The Morgan fingerprint density at radius 2 is 2.00 bits per heavy atom. The standard InChI is InChI=1S/C14H18N2O/c17-13-6-7-14(11-4-2-1-3-5-11)8-9-15-12(14)10-16-13/h1-5,12,15H,6-10H2,(H,16,17)/t12-,14-/m1/s1. The van der Waals surface area contributed by atoms with Crippen molar-refractivity contribution in [3.05, 3.63) is 35.9 Å². The molecule has 2 saturated heterocycles. The van der Waals surface area contributed by atoms with Crippen LogP contribution in [0.4, 0.5) is 0 Å². The van der Waals surface area contributed by atoms with E-state index in [-0.39, 0.29) is 11.3 Å². The molecule has 90 valence electrons. The lowest BCUT2D eigenvalue weighted by atomic mass is 9.71. The monoisotopic (exact) mass is 230 g/mol. The molecule has 3 heteroatoms. The number of rotatable bonds is 1. The van der Waals surface area contributed by atoms with Crippen molar-refractivity contribution in [2.45, 2.75) is 30.7 Å². The van der Waals surface area contributed by atoms with Gasteiger partial charge in [0.25, 0.3) is 0 Å². The van der Waals surface area contributed by atoms with Crippen molar-refractivity contribution in [1.82, 2.24) is 10.6 Å². The van der Waals surface area contributed by atoms with Crippen LogP contribution >= 0.6 is 0 Å². The highest BCUT2D eigenvalue weighted by atomic mass is 16.1. The maximum absolute atomic E-state index is 11.5. The van der Waals surface area contributed by atoms with Crippen LogP contribution in [0.25, 0.3) is 0 Å². The van der Waals surface area contributed by atoms with Gasteiger partial charge in [0, 0.05) is 24.4 Å². The van der Waals surface area contributed by atoms with Crippen LogP contribution < -0.4 is 10.6 Å². The average Bonchev–Trinajstić information content (AvgIpc) is 2.72. The number of hydrogen-bond donors (Lipinski definition) is 2. The number of benzene rings is 1. The first-order chi connectivity index (χ1) is 8.31. The smallest absolute Gasteiger partial charge is 0.220 e. The molecule has 1 amide bonds. The lowest BCUT2D eigenvalue weighted by Crippen LogP contribution is -2.45. The first kappa shape index (κ1) is 10.8. The van der Waals surface area contributed by atoms with Crippen LogP contribution in [-0.4, -0.2) is 25.0 Å². The van der Waals surface area contributed by atoms with Crippen molar-refractivity contribution in [1.29, 1.82) is 0 Å². The summed E-state index contributed by atoms with van der Waals surface area (Å²) in [6.45, 7) is 1.81. The Hall–Kier alpha value is -1.35. The molecular formula is C14H18N2O. The number of carbonyl (C=O) groups excluding carboxylic acids is 1. The predicted molar refractivity (Wildman–Crippen MR) is 66.8 cm³/mol. The largest absolute Gasteiger partial charge is 0.355 e. The average molecular weight is 230 g/mol. The van der Waals surface area contributed by atoms with Gasteiger partial charge in [-0.05, 0) is 24.9 Å². The fraction of sp³-hybridized carbons (Fsp3) is 0.500. The molecule has 0 aromatic heterocycles. The van der Waals surface area contributed by atoms with E-state index >= 15 is 0 Å². The summed E-state index contributed by atoms with van der Waals surface area (Å²) in [4.78, 5) is 11.5. The van der Waals surface area contributed by atoms with Crippen molar-refractivity contribution in [2.24, 2.45) is 0 Å². The Morgan fingerprint density at radius 3 is 2.82 bits per heavy atom. The Bertz CT molecular complexity index is 417. The highest BCUT2D eigenvalue weighted by Gasteiger charge is 2.45. The third-order valence-electron chi connectivity index (χ3n) is 4.28. The molecule has 0 radical (unpaired) electrons. The van der Waals surface area contributed by atoms with Crippen LogP contribution in [0.2, 0.25) is 0 Å². The van der Waals surface area contributed by atoms with Gasteiger partial charge in [0.15, 0.2) is 0 Å². The van der Waals surface area contributed by atoms with Gasteiger partial charge in [-0.3, -0.25) is 4.79 Å². The molecule has 2 atom stereocenters. The van der Waals surface area contributed by atoms with Gasteiger partial charge in [-0.15, -0.1) is 0 Å². The predicted octanol–water partition coefficient (Wildman–Crippen LogP) is 1.20. The second kappa shape index (κ2) is 4.15. The Labute approximate surface area is 102 Å². The molecule has 1 aromatic carbocycles. The van der Waals surface area contributed by atoms with E-state index in [9.17, 15) is 4.79 Å². The lowest BCUT2D eigenvalue weighted by molar-refractivity contribution is -0.120. The Kier molecular flexibility index (Phi) is 2.63. The van der Waals surface area contributed by atoms with Gasteiger partial charge in [0.05, 0.1) is 0 Å². The summed E-state index contributed by atoms with van der Waals surface area (Å²) >= 11 is 0. The van der Waals surface area contributed by atoms with Gasteiger partial charge in [0.2, 0.25) is 5.91 Å². The topological polar surface area (TPSA) is 41.1 Å². The molecular weight excluding hydrogens is 212 g/mol. The summed E-state index contributed by atoms with van der Waals surface area (Å²) in [5.74, 6) is 0.191. The van der Waals surface area contributed by atoms with Crippen molar-refractivity contribution >= 4 is 5.91 Å². The molecule has 0 aliphatic carbocycles. The van der Waals surface area contributed by atoms with Gasteiger partial charge in [-0.25, -0.2) is 0 Å². The molecule has 17 heavy (non-hydrogen) atoms. The molecule has 0 bridgehead atoms. The van der Waals surface area contributed by atoms with Gasteiger partial charge < -0.3 is 10.6 Å². The first-order valence-corrected chi connectivity index (χ1v) is 6.37. The molecule has 2 fully saturated rings. The summed E-state index contributed by atoms with van der Waals surface area (Å²) in [6, 6.07) is 11.0. The lowest BCUT2D eigenvalue weighted by Gasteiger charge is -2.33. The van der Waals surface area contributed by atoms with E-state index < -0.39 is 0 Å². The van der Waals surface area contributed by atoms with E-state index in [1.54, 1.807) is 0 Å². The number of amides is 1. The van der Waals surface area contributed by atoms with Crippen LogP contribution in [0.5, 0.6) is 0 Å². The van der Waals surface area contributed by atoms with Crippen molar-refractivity contribution in [3.63, 3.8) is 0 Å². The zero-order valence-corrected chi connectivity index (χ0v) is 9.91. The SMILES string of the molecule is O=C1CC[C@]2(c3ccccc3)CCN[C@@H]2CN1. The third kappa shape index (κ3) is 1.75. The molecule has 0 saturated carbocycles. The molecule has 2 N–H and O–H groups in total. The first-order valence-electron chi connectivity index (χ1n) is 6.37. The van der Waals surface area contributed by atoms with E-state index in [0.717, 1.165) is 25.9 Å². The highest BCUT2D eigenvalue weighted by Crippen LogP contribution is 2.40. The minimum Gasteiger partial charge on any atom is -0.355 e. The molecule has 2 heterocycles. The van der Waals surface area contributed by atoms with E-state index in [2.05, 4.69) is 41.0 Å². The van der Waals surface area contributed by atoms with E-state index in [1.165, 1.54) is 5.56 Å². The summed E-state index contributed by atoms with van der Waals surface area (Å²) in [7, 11) is 0. The maximum Gasteiger partial charge on any atom is 0.220 e. The summed E-state index contributed by atoms with van der Waals surface area (Å²) < 4.78 is 0. The molecule has 3 rings (SSSR count). The van der Waals surface area contributed by atoms with Crippen molar-refractivity contribution in [2.75, 3.05) is 13.1 Å². The van der Waals surface area contributed by atoms with Crippen LogP contribution in [0.3, 0.4) is 0 Å². The molecule has 2 aliphatic rings.